The highest BCUT2D eigenvalue weighted by molar-refractivity contribution is 7.85. The summed E-state index contributed by atoms with van der Waals surface area (Å²) in [6.07, 6.45) is 1.18. The fraction of sp³-hybridized carbons (Fsp3) is 0.870. The molecule has 10 nitrogen and oxygen atoms in total. The van der Waals surface area contributed by atoms with Crippen LogP contribution in [0.3, 0.4) is 0 Å². The Morgan fingerprint density at radius 2 is 1.24 bits per heavy atom. The van der Waals surface area contributed by atoms with Crippen molar-refractivity contribution in [1.82, 2.24) is 5.32 Å². The van der Waals surface area contributed by atoms with Crippen molar-refractivity contribution >= 4 is 28.1 Å². The van der Waals surface area contributed by atoms with Crippen LogP contribution in [0.2, 0.25) is 0 Å². The van der Waals surface area contributed by atoms with Gasteiger partial charge in [0.1, 0.15) is 22.8 Å². The number of amides is 1. The monoisotopic (exact) mass is 509 g/mol. The second-order valence-electron chi connectivity index (χ2n) is 11.2. The van der Waals surface area contributed by atoms with Crippen LogP contribution in [0, 0.1) is 5.92 Å². The quantitative estimate of drug-likeness (QED) is 0.191. The van der Waals surface area contributed by atoms with Crippen LogP contribution in [0.15, 0.2) is 0 Å². The first-order valence-electron chi connectivity index (χ1n) is 11.4. The number of carbonyl (C=O) groups excluding carboxylic acids is 3. The number of esters is 2. The Morgan fingerprint density at radius 1 is 0.765 bits per heavy atom. The van der Waals surface area contributed by atoms with E-state index in [9.17, 15) is 22.8 Å². The molecular formula is C23H43NO9S. The first kappa shape index (κ1) is 32.1. The Kier molecular flexibility index (Phi) is 12.0. The Morgan fingerprint density at radius 3 is 1.68 bits per heavy atom. The lowest BCUT2D eigenvalue weighted by atomic mass is 9.93. The van der Waals surface area contributed by atoms with Crippen LogP contribution >= 0.6 is 0 Å². The Hall–Kier alpha value is -1.88. The van der Waals surface area contributed by atoms with E-state index in [-0.39, 0.29) is 19.4 Å². The average molecular weight is 510 g/mol. The van der Waals surface area contributed by atoms with Gasteiger partial charge in [0.05, 0.1) is 18.8 Å². The van der Waals surface area contributed by atoms with Crippen molar-refractivity contribution in [2.45, 2.75) is 111 Å². The number of ether oxygens (including phenoxy) is 3. The Bertz CT molecular complexity index is 787. The predicted molar refractivity (Wildman–Crippen MR) is 128 cm³/mol. The third-order valence-corrected chi connectivity index (χ3v) is 4.48. The highest BCUT2D eigenvalue weighted by atomic mass is 32.2. The summed E-state index contributed by atoms with van der Waals surface area (Å²) in [5.74, 6) is -1.99. The molecule has 11 heteroatoms. The first-order valence-corrected chi connectivity index (χ1v) is 13.2. The minimum absolute atomic E-state index is 0.0223. The number of hydrogen-bond acceptors (Lipinski definition) is 9. The Labute approximate surface area is 204 Å². The highest BCUT2D eigenvalue weighted by Crippen LogP contribution is 2.23. The van der Waals surface area contributed by atoms with Crippen LogP contribution in [-0.4, -0.2) is 62.2 Å². The van der Waals surface area contributed by atoms with Gasteiger partial charge in [-0.1, -0.05) is 6.42 Å². The van der Waals surface area contributed by atoms with Crippen LogP contribution < -0.4 is 5.32 Å². The van der Waals surface area contributed by atoms with Crippen LogP contribution in [-0.2, 0) is 38.1 Å². The molecule has 0 aromatic heterocycles. The maximum Gasteiger partial charge on any atom is 0.408 e. The molecule has 1 unspecified atom stereocenters. The summed E-state index contributed by atoms with van der Waals surface area (Å²) < 4.78 is 43.2. The zero-order valence-electron chi connectivity index (χ0n) is 22.3. The SMILES string of the molecule is CC(C)(C)OC(=O)N[C@@H](CC(CCCCOS(C)(=O)=O)C(=O)OC(C)(C)C)C(=O)OC(C)(C)C. The molecule has 0 spiro atoms. The number of hydrogen-bond donors (Lipinski definition) is 1. The molecule has 1 N–H and O–H groups in total. The second-order valence-corrected chi connectivity index (χ2v) is 12.9. The lowest BCUT2D eigenvalue weighted by Crippen LogP contribution is -2.47. The average Bonchev–Trinajstić information content (AvgIpc) is 2.53. The van der Waals surface area contributed by atoms with Crippen molar-refractivity contribution in [3.8, 4) is 0 Å². The normalized spacial score (nSPS) is 14.6. The van der Waals surface area contributed by atoms with Crippen LogP contribution in [0.25, 0.3) is 0 Å². The number of carbonyl (C=O) groups is 3. The lowest BCUT2D eigenvalue weighted by molar-refractivity contribution is -0.163. The van der Waals surface area contributed by atoms with E-state index in [4.69, 9.17) is 18.4 Å². The van der Waals surface area contributed by atoms with Gasteiger partial charge in [0.25, 0.3) is 10.1 Å². The number of nitrogens with one attached hydrogen (secondary N) is 1. The first-order chi connectivity index (χ1) is 15.1. The van der Waals surface area contributed by atoms with E-state index in [1.807, 2.05) is 0 Å². The van der Waals surface area contributed by atoms with Crippen molar-refractivity contribution in [1.29, 1.82) is 0 Å². The lowest BCUT2D eigenvalue weighted by Gasteiger charge is -2.29. The summed E-state index contributed by atoms with van der Waals surface area (Å²) in [7, 11) is -3.56. The molecule has 0 radical (unpaired) electrons. The van der Waals surface area contributed by atoms with E-state index >= 15 is 0 Å². The minimum atomic E-state index is -3.56. The Balaban J connectivity index is 5.59. The van der Waals surface area contributed by atoms with Gasteiger partial charge in [0, 0.05) is 0 Å². The van der Waals surface area contributed by atoms with Gasteiger partial charge in [-0.05, 0) is 81.6 Å². The molecular weight excluding hydrogens is 466 g/mol. The zero-order valence-corrected chi connectivity index (χ0v) is 23.1. The molecule has 0 bridgehead atoms. The maximum atomic E-state index is 12.9. The summed E-state index contributed by atoms with van der Waals surface area (Å²) in [6, 6.07) is -1.15. The van der Waals surface area contributed by atoms with E-state index in [1.165, 1.54) is 0 Å². The van der Waals surface area contributed by atoms with E-state index in [1.54, 1.807) is 62.3 Å². The molecule has 0 aromatic rings. The van der Waals surface area contributed by atoms with Crippen molar-refractivity contribution < 1.29 is 41.2 Å². The third kappa shape index (κ3) is 17.6. The molecule has 0 aromatic carbocycles. The van der Waals surface area contributed by atoms with E-state index in [0.29, 0.717) is 12.8 Å². The van der Waals surface area contributed by atoms with Crippen molar-refractivity contribution in [2.24, 2.45) is 5.92 Å². The number of unbranched alkanes of at least 4 members (excludes halogenated alkanes) is 1. The number of rotatable bonds is 11. The molecule has 0 rings (SSSR count). The highest BCUT2D eigenvalue weighted by Gasteiger charge is 2.34. The standard InChI is InChI=1S/C23H43NO9S/c1-21(2,3)31-18(25)16(13-11-12-14-30-34(10,28)29)15-17(19(26)32-22(4,5)6)24-20(27)33-23(7,8)9/h16-17H,11-15H2,1-10H3,(H,24,27)/t16?,17-/m0/s1. The molecule has 0 fully saturated rings. The van der Waals surface area contributed by atoms with Crippen LogP contribution in [0.1, 0.15) is 88.0 Å². The molecule has 0 saturated carbocycles. The molecule has 1 amide bonds. The van der Waals surface area contributed by atoms with Crippen LogP contribution in [0.5, 0.6) is 0 Å². The summed E-state index contributed by atoms with van der Waals surface area (Å²) in [4.78, 5) is 38.1. The molecule has 200 valence electrons. The topological polar surface area (TPSA) is 134 Å². The van der Waals surface area contributed by atoms with E-state index in [2.05, 4.69) is 5.32 Å². The van der Waals surface area contributed by atoms with Gasteiger partial charge in [0.2, 0.25) is 0 Å². The zero-order chi connectivity index (χ0) is 27.0. The minimum Gasteiger partial charge on any atom is -0.460 e. The van der Waals surface area contributed by atoms with Gasteiger partial charge in [-0.25, -0.2) is 9.59 Å². The van der Waals surface area contributed by atoms with Gasteiger partial charge in [-0.3, -0.25) is 8.98 Å². The predicted octanol–water partition coefficient (Wildman–Crippen LogP) is 3.72. The van der Waals surface area contributed by atoms with Crippen molar-refractivity contribution in [2.75, 3.05) is 12.9 Å². The van der Waals surface area contributed by atoms with Gasteiger partial charge in [-0.15, -0.1) is 0 Å². The van der Waals surface area contributed by atoms with Gasteiger partial charge in [-0.2, -0.15) is 8.42 Å². The largest absolute Gasteiger partial charge is 0.460 e. The second kappa shape index (κ2) is 12.7. The molecule has 2 atom stereocenters. The molecule has 0 aliphatic rings. The molecule has 0 heterocycles. The summed E-state index contributed by atoms with van der Waals surface area (Å²) in [6.45, 7) is 15.3. The van der Waals surface area contributed by atoms with Crippen molar-refractivity contribution in [3.63, 3.8) is 0 Å². The number of alkyl carbamates (subject to hydrolysis) is 1. The molecule has 0 aliphatic carbocycles. The fourth-order valence-electron chi connectivity index (χ4n) is 2.74. The maximum absolute atomic E-state index is 12.9. The summed E-state index contributed by atoms with van der Waals surface area (Å²) in [5, 5.41) is 2.52. The van der Waals surface area contributed by atoms with Crippen molar-refractivity contribution in [3.05, 3.63) is 0 Å². The van der Waals surface area contributed by atoms with E-state index < -0.39 is 56.9 Å². The van der Waals surface area contributed by atoms with Gasteiger partial charge < -0.3 is 19.5 Å². The van der Waals surface area contributed by atoms with Gasteiger partial charge in [0.15, 0.2) is 0 Å². The fourth-order valence-corrected chi connectivity index (χ4v) is 3.16. The smallest absolute Gasteiger partial charge is 0.408 e. The third-order valence-electron chi connectivity index (χ3n) is 3.89. The summed E-state index contributed by atoms with van der Waals surface area (Å²) in [5.41, 5.74) is -2.35. The van der Waals surface area contributed by atoms with Gasteiger partial charge >= 0.3 is 18.0 Å². The molecule has 0 saturated heterocycles. The molecule has 34 heavy (non-hydrogen) atoms. The molecule has 0 aliphatic heterocycles. The van der Waals surface area contributed by atoms with E-state index in [0.717, 1.165) is 6.26 Å². The van der Waals surface area contributed by atoms with Crippen LogP contribution in [0.4, 0.5) is 4.79 Å². The summed E-state index contributed by atoms with van der Waals surface area (Å²) >= 11 is 0.